The molecule has 1 atom stereocenters. The number of hydrogen-bond donors (Lipinski definition) is 0. The first-order valence-electron chi connectivity index (χ1n) is 7.35. The Hall–Kier alpha value is -2.34. The van der Waals surface area contributed by atoms with Gasteiger partial charge >= 0.3 is 0 Å². The second-order valence-corrected chi connectivity index (χ2v) is 7.44. The number of fused-ring (bicyclic) bond motifs is 1. The number of nitrogens with zero attached hydrogens (tertiary/aromatic N) is 1. The van der Waals surface area contributed by atoms with E-state index in [1.807, 2.05) is 25.1 Å². The summed E-state index contributed by atoms with van der Waals surface area (Å²) in [5.74, 6) is -1.33. The fourth-order valence-corrected chi connectivity index (χ4v) is 4.62. The average molecular weight is 330 g/mol. The van der Waals surface area contributed by atoms with Gasteiger partial charge in [0.05, 0.1) is 16.6 Å². The number of carbonyl (C=O) groups is 1. The van der Waals surface area contributed by atoms with E-state index in [9.17, 15) is 18.3 Å². The lowest BCUT2D eigenvalue weighted by Gasteiger charge is -2.36. The number of carboxylic acids is 1. The van der Waals surface area contributed by atoms with Crippen molar-refractivity contribution >= 4 is 21.7 Å². The molecule has 6 heteroatoms. The number of rotatable bonds is 3. The van der Waals surface area contributed by atoms with Crippen molar-refractivity contribution in [2.24, 2.45) is 0 Å². The van der Waals surface area contributed by atoms with Crippen molar-refractivity contribution in [3.8, 4) is 0 Å². The van der Waals surface area contributed by atoms with E-state index in [1.165, 1.54) is 28.6 Å². The Labute approximate surface area is 135 Å². The van der Waals surface area contributed by atoms with Gasteiger partial charge in [-0.25, -0.2) is 8.42 Å². The van der Waals surface area contributed by atoms with E-state index >= 15 is 0 Å². The van der Waals surface area contributed by atoms with Crippen LogP contribution in [-0.2, 0) is 16.4 Å². The second kappa shape index (κ2) is 5.70. The molecule has 23 heavy (non-hydrogen) atoms. The highest BCUT2D eigenvalue weighted by Crippen LogP contribution is 2.35. The van der Waals surface area contributed by atoms with E-state index in [1.54, 1.807) is 6.07 Å². The summed E-state index contributed by atoms with van der Waals surface area (Å²) in [7, 11) is -3.75. The van der Waals surface area contributed by atoms with E-state index in [4.69, 9.17) is 0 Å². The number of aromatic carboxylic acids is 1. The van der Waals surface area contributed by atoms with Crippen LogP contribution in [0.4, 0.5) is 5.69 Å². The van der Waals surface area contributed by atoms with Crippen LogP contribution < -0.4 is 9.41 Å². The Morgan fingerprint density at radius 3 is 2.43 bits per heavy atom. The molecular weight excluding hydrogens is 314 g/mol. The summed E-state index contributed by atoms with van der Waals surface area (Å²) in [5.41, 5.74) is 1.65. The monoisotopic (exact) mass is 330 g/mol. The maximum atomic E-state index is 13.0. The van der Waals surface area contributed by atoms with Crippen LogP contribution in [0.15, 0.2) is 53.4 Å². The van der Waals surface area contributed by atoms with Gasteiger partial charge in [0.1, 0.15) is 0 Å². The molecule has 3 rings (SSSR count). The van der Waals surface area contributed by atoms with Gasteiger partial charge in [0.25, 0.3) is 10.0 Å². The first kappa shape index (κ1) is 15.6. The number of sulfonamides is 1. The molecule has 0 amide bonds. The van der Waals surface area contributed by atoms with Gasteiger partial charge in [-0.05, 0) is 49.1 Å². The molecule has 0 bridgehead atoms. The Bertz CT molecular complexity index is 843. The lowest BCUT2D eigenvalue weighted by molar-refractivity contribution is -0.255. The molecule has 0 aromatic heterocycles. The Kier molecular flexibility index (Phi) is 3.85. The van der Waals surface area contributed by atoms with Gasteiger partial charge in [-0.3, -0.25) is 4.31 Å². The molecule has 0 N–H and O–H groups in total. The maximum absolute atomic E-state index is 13.0. The third kappa shape index (κ3) is 2.70. The highest BCUT2D eigenvalue weighted by atomic mass is 32.2. The van der Waals surface area contributed by atoms with E-state index in [2.05, 4.69) is 0 Å². The minimum absolute atomic E-state index is 0.0453. The molecule has 5 nitrogen and oxygen atoms in total. The zero-order valence-electron chi connectivity index (χ0n) is 12.6. The molecule has 0 radical (unpaired) electrons. The minimum atomic E-state index is -3.75. The van der Waals surface area contributed by atoms with Crippen molar-refractivity contribution in [1.82, 2.24) is 0 Å². The number of para-hydroxylation sites is 1. The summed E-state index contributed by atoms with van der Waals surface area (Å²) >= 11 is 0. The molecular formula is C17H16NO4S-. The fourth-order valence-electron chi connectivity index (χ4n) is 2.90. The third-order valence-electron chi connectivity index (χ3n) is 4.11. The topological polar surface area (TPSA) is 77.5 Å². The molecule has 0 aliphatic carbocycles. The van der Waals surface area contributed by atoms with Gasteiger partial charge in [-0.2, -0.15) is 0 Å². The Morgan fingerprint density at radius 1 is 1.13 bits per heavy atom. The molecule has 1 heterocycles. The normalized spacial score (nSPS) is 17.6. The number of carbonyl (C=O) groups excluding carboxylic acids is 1. The van der Waals surface area contributed by atoms with Crippen LogP contribution in [0.5, 0.6) is 0 Å². The van der Waals surface area contributed by atoms with Crippen LogP contribution in [0, 0.1) is 0 Å². The lowest BCUT2D eigenvalue weighted by Crippen LogP contribution is -2.42. The average Bonchev–Trinajstić information content (AvgIpc) is 2.54. The van der Waals surface area contributed by atoms with Crippen molar-refractivity contribution in [2.75, 3.05) is 4.31 Å². The van der Waals surface area contributed by atoms with Crippen molar-refractivity contribution < 1.29 is 18.3 Å². The van der Waals surface area contributed by atoms with Gasteiger partial charge in [0, 0.05) is 6.04 Å². The smallest absolute Gasteiger partial charge is 0.264 e. The molecule has 0 unspecified atom stereocenters. The third-order valence-corrected chi connectivity index (χ3v) is 6.05. The molecule has 2 aromatic carbocycles. The molecule has 0 saturated carbocycles. The predicted molar refractivity (Wildman–Crippen MR) is 84.7 cm³/mol. The van der Waals surface area contributed by atoms with Crippen molar-refractivity contribution in [3.05, 3.63) is 59.7 Å². The zero-order chi connectivity index (χ0) is 16.6. The lowest BCUT2D eigenvalue weighted by atomic mass is 9.99. The van der Waals surface area contributed by atoms with E-state index in [0.29, 0.717) is 5.69 Å². The quantitative estimate of drug-likeness (QED) is 0.856. The summed E-state index contributed by atoms with van der Waals surface area (Å²) in [6.07, 6.45) is 1.58. The van der Waals surface area contributed by atoms with Crippen LogP contribution >= 0.6 is 0 Å². The number of aryl methyl sites for hydroxylation is 1. The number of carboxylic acid groups (broad SMARTS) is 1. The van der Waals surface area contributed by atoms with Gasteiger partial charge < -0.3 is 9.90 Å². The van der Waals surface area contributed by atoms with Gasteiger partial charge in [-0.1, -0.05) is 30.3 Å². The van der Waals surface area contributed by atoms with Crippen LogP contribution in [0.3, 0.4) is 0 Å². The zero-order valence-corrected chi connectivity index (χ0v) is 13.4. The van der Waals surface area contributed by atoms with Gasteiger partial charge in [0.15, 0.2) is 0 Å². The molecule has 1 aliphatic heterocycles. The fraction of sp³-hybridized carbons (Fsp3) is 0.235. The van der Waals surface area contributed by atoms with Gasteiger partial charge in [0.2, 0.25) is 0 Å². The second-order valence-electron chi connectivity index (χ2n) is 5.63. The standard InChI is InChI=1S/C17H17NO4S/c1-12-6-7-13-4-2-3-5-16(13)18(12)23(21,22)15-10-8-14(9-11-15)17(19)20/h2-5,8-12H,6-7H2,1H3,(H,19,20)/p-1/t12-/m1/s1. The molecule has 0 saturated heterocycles. The largest absolute Gasteiger partial charge is 0.545 e. The molecule has 0 fully saturated rings. The highest BCUT2D eigenvalue weighted by molar-refractivity contribution is 7.92. The van der Waals surface area contributed by atoms with E-state index in [-0.39, 0.29) is 16.5 Å². The van der Waals surface area contributed by atoms with Crippen molar-refractivity contribution in [2.45, 2.75) is 30.7 Å². The SMILES string of the molecule is C[C@@H]1CCc2ccccc2N1S(=O)(=O)c1ccc(C(=O)[O-])cc1. The van der Waals surface area contributed by atoms with Crippen LogP contribution in [0.1, 0.15) is 29.3 Å². The number of anilines is 1. The molecule has 0 spiro atoms. The number of hydrogen-bond acceptors (Lipinski definition) is 4. The molecule has 2 aromatic rings. The summed E-state index contributed by atoms with van der Waals surface area (Å²) in [5, 5.41) is 10.8. The van der Waals surface area contributed by atoms with Crippen LogP contribution in [0.25, 0.3) is 0 Å². The van der Waals surface area contributed by atoms with Crippen LogP contribution in [0.2, 0.25) is 0 Å². The van der Waals surface area contributed by atoms with Gasteiger partial charge in [-0.15, -0.1) is 0 Å². The maximum Gasteiger partial charge on any atom is 0.264 e. The Morgan fingerprint density at radius 2 is 1.78 bits per heavy atom. The van der Waals surface area contributed by atoms with Crippen molar-refractivity contribution in [1.29, 1.82) is 0 Å². The Balaban J connectivity index is 2.07. The highest BCUT2D eigenvalue weighted by Gasteiger charge is 2.33. The molecule has 120 valence electrons. The van der Waals surface area contributed by atoms with E-state index in [0.717, 1.165) is 18.4 Å². The number of benzene rings is 2. The predicted octanol–water partition coefficient (Wildman–Crippen LogP) is 1.58. The summed E-state index contributed by atoms with van der Waals surface area (Å²) in [6, 6.07) is 12.4. The summed E-state index contributed by atoms with van der Waals surface area (Å²) in [4.78, 5) is 10.9. The van der Waals surface area contributed by atoms with E-state index < -0.39 is 16.0 Å². The first-order chi connectivity index (χ1) is 10.9. The molecule has 1 aliphatic rings. The van der Waals surface area contributed by atoms with Crippen LogP contribution in [-0.4, -0.2) is 20.4 Å². The first-order valence-corrected chi connectivity index (χ1v) is 8.79. The van der Waals surface area contributed by atoms with Crippen molar-refractivity contribution in [3.63, 3.8) is 0 Å². The summed E-state index contributed by atoms with van der Waals surface area (Å²) in [6.45, 7) is 1.88. The summed E-state index contributed by atoms with van der Waals surface area (Å²) < 4.78 is 27.4. The minimum Gasteiger partial charge on any atom is -0.545 e.